The predicted molar refractivity (Wildman–Crippen MR) is 99.9 cm³/mol. The molecule has 0 aromatic heterocycles. The lowest BCUT2D eigenvalue weighted by Crippen LogP contribution is -2.56. The Morgan fingerprint density at radius 1 is 1.00 bits per heavy atom. The maximum absolute atomic E-state index is 12.9. The molecule has 2 aliphatic rings. The van der Waals surface area contributed by atoms with Crippen molar-refractivity contribution < 1.29 is 26.3 Å². The minimum atomic E-state index is -4.22. The number of nitrogens with zero attached hydrogens (tertiary/aromatic N) is 4. The summed E-state index contributed by atoms with van der Waals surface area (Å²) >= 11 is 0. The van der Waals surface area contributed by atoms with Gasteiger partial charge < -0.3 is 10.2 Å². The summed E-state index contributed by atoms with van der Waals surface area (Å²) < 4.78 is 75.9. The Morgan fingerprint density at radius 3 is 2.07 bits per heavy atom. The van der Waals surface area contributed by atoms with Gasteiger partial charge in [-0.3, -0.25) is 14.8 Å². The highest BCUT2D eigenvalue weighted by Crippen LogP contribution is 2.26. The molecule has 0 radical (unpaired) electrons. The Balaban J connectivity index is 1.68. The lowest BCUT2D eigenvalue weighted by molar-refractivity contribution is -0.181. The lowest BCUT2D eigenvalue weighted by atomic mass is 9.93. The molecule has 2 saturated heterocycles. The van der Waals surface area contributed by atoms with E-state index >= 15 is 0 Å². The largest absolute Gasteiger partial charge is 0.403 e. The Bertz CT molecular complexity index is 520. The highest BCUT2D eigenvalue weighted by Gasteiger charge is 2.41. The van der Waals surface area contributed by atoms with Crippen LogP contribution in [0.2, 0.25) is 0 Å². The number of likely N-dealkylation sites (tertiary alicyclic amines) is 1. The van der Waals surface area contributed by atoms with E-state index in [2.05, 4.69) is 10.3 Å². The molecule has 0 aliphatic carbocycles. The molecule has 0 saturated carbocycles. The number of nitrogens with one attached hydrogen (secondary N) is 1. The van der Waals surface area contributed by atoms with Crippen molar-refractivity contribution >= 4 is 5.96 Å². The van der Waals surface area contributed by atoms with Crippen molar-refractivity contribution in [3.63, 3.8) is 0 Å². The molecule has 0 amide bonds. The minimum Gasteiger partial charge on any atom is -0.356 e. The summed E-state index contributed by atoms with van der Waals surface area (Å²) in [7, 11) is 1.64. The van der Waals surface area contributed by atoms with Gasteiger partial charge in [0.05, 0.1) is 6.54 Å². The first-order chi connectivity index (χ1) is 13.5. The summed E-state index contributed by atoms with van der Waals surface area (Å²) in [4.78, 5) is 9.05. The van der Waals surface area contributed by atoms with Gasteiger partial charge in [-0.25, -0.2) is 0 Å². The molecule has 2 aliphatic heterocycles. The maximum atomic E-state index is 12.9. The van der Waals surface area contributed by atoms with E-state index < -0.39 is 24.9 Å². The molecular formula is C18H31F6N5. The number of halogens is 6. The van der Waals surface area contributed by atoms with Gasteiger partial charge in [0.1, 0.15) is 6.04 Å². The quantitative estimate of drug-likeness (QED) is 0.413. The first-order valence-corrected chi connectivity index (χ1v) is 10.0. The van der Waals surface area contributed by atoms with Gasteiger partial charge in [-0.05, 0) is 45.2 Å². The minimum absolute atomic E-state index is 0.318. The zero-order chi connectivity index (χ0) is 21.7. The third-order valence-electron chi connectivity index (χ3n) is 5.79. The molecule has 1 atom stereocenters. The summed E-state index contributed by atoms with van der Waals surface area (Å²) in [5, 5.41) is 3.25. The van der Waals surface area contributed by atoms with Gasteiger partial charge in [0.2, 0.25) is 0 Å². The Labute approximate surface area is 168 Å². The monoisotopic (exact) mass is 431 g/mol. The molecule has 29 heavy (non-hydrogen) atoms. The summed E-state index contributed by atoms with van der Waals surface area (Å²) in [6, 6.07) is -1.46. The molecule has 2 fully saturated rings. The molecule has 170 valence electrons. The molecule has 0 aromatic carbocycles. The van der Waals surface area contributed by atoms with E-state index in [0.29, 0.717) is 57.7 Å². The van der Waals surface area contributed by atoms with Crippen LogP contribution >= 0.6 is 0 Å². The second-order valence-corrected chi connectivity index (χ2v) is 7.84. The van der Waals surface area contributed by atoms with Crippen LogP contribution in [0.3, 0.4) is 0 Å². The van der Waals surface area contributed by atoms with Crippen molar-refractivity contribution in [3.8, 4) is 0 Å². The number of piperazine rings is 1. The molecule has 1 N–H and O–H groups in total. The average Bonchev–Trinajstić information content (AvgIpc) is 2.64. The molecular weight excluding hydrogens is 400 g/mol. The first kappa shape index (κ1) is 24.0. The molecule has 2 rings (SSSR count). The van der Waals surface area contributed by atoms with Crippen molar-refractivity contribution in [2.24, 2.45) is 10.9 Å². The van der Waals surface area contributed by atoms with Crippen LogP contribution in [0.1, 0.15) is 26.2 Å². The van der Waals surface area contributed by atoms with Gasteiger partial charge in [0.25, 0.3) is 0 Å². The second-order valence-electron chi connectivity index (χ2n) is 7.84. The van der Waals surface area contributed by atoms with Crippen LogP contribution < -0.4 is 5.32 Å². The van der Waals surface area contributed by atoms with E-state index in [1.165, 1.54) is 16.7 Å². The van der Waals surface area contributed by atoms with E-state index in [1.54, 1.807) is 7.05 Å². The van der Waals surface area contributed by atoms with Crippen LogP contribution in [0.15, 0.2) is 4.99 Å². The molecule has 5 nitrogen and oxygen atoms in total. The van der Waals surface area contributed by atoms with Crippen molar-refractivity contribution in [1.82, 2.24) is 20.0 Å². The molecule has 11 heteroatoms. The smallest absolute Gasteiger partial charge is 0.356 e. The highest BCUT2D eigenvalue weighted by atomic mass is 19.4. The zero-order valence-electron chi connectivity index (χ0n) is 17.0. The number of rotatable bonds is 5. The molecule has 0 aromatic rings. The lowest BCUT2D eigenvalue weighted by Gasteiger charge is -2.39. The number of hydrogen-bond acceptors (Lipinski definition) is 3. The Morgan fingerprint density at radius 2 is 1.59 bits per heavy atom. The van der Waals surface area contributed by atoms with Crippen molar-refractivity contribution in [3.05, 3.63) is 0 Å². The normalized spacial score (nSPS) is 22.8. The summed E-state index contributed by atoms with van der Waals surface area (Å²) in [6.45, 7) is 3.47. The fraction of sp³-hybridized carbons (Fsp3) is 0.944. The summed E-state index contributed by atoms with van der Waals surface area (Å²) in [6.07, 6.45) is -6.06. The molecule has 0 spiro atoms. The molecule has 2 heterocycles. The maximum Gasteiger partial charge on any atom is 0.403 e. The fourth-order valence-corrected chi connectivity index (χ4v) is 3.94. The third-order valence-corrected chi connectivity index (χ3v) is 5.79. The van der Waals surface area contributed by atoms with Crippen LogP contribution in [0.5, 0.6) is 0 Å². The highest BCUT2D eigenvalue weighted by molar-refractivity contribution is 5.79. The van der Waals surface area contributed by atoms with E-state index in [9.17, 15) is 26.3 Å². The van der Waals surface area contributed by atoms with Crippen LogP contribution in [0.25, 0.3) is 0 Å². The van der Waals surface area contributed by atoms with Gasteiger partial charge in [-0.1, -0.05) is 0 Å². The fourth-order valence-electron chi connectivity index (χ4n) is 3.94. The number of aliphatic imine (C=N–C) groups is 1. The van der Waals surface area contributed by atoms with Gasteiger partial charge in [0.15, 0.2) is 5.96 Å². The predicted octanol–water partition coefficient (Wildman–Crippen LogP) is 2.79. The van der Waals surface area contributed by atoms with Crippen molar-refractivity contribution in [2.45, 2.75) is 44.6 Å². The second kappa shape index (κ2) is 10.2. The van der Waals surface area contributed by atoms with E-state index in [1.807, 2.05) is 4.90 Å². The van der Waals surface area contributed by atoms with E-state index in [-0.39, 0.29) is 0 Å². The third kappa shape index (κ3) is 7.84. The molecule has 1 unspecified atom stereocenters. The van der Waals surface area contributed by atoms with Crippen molar-refractivity contribution in [1.29, 1.82) is 0 Å². The van der Waals surface area contributed by atoms with Gasteiger partial charge in [-0.15, -0.1) is 0 Å². The van der Waals surface area contributed by atoms with Crippen molar-refractivity contribution in [2.75, 3.05) is 59.4 Å². The van der Waals surface area contributed by atoms with E-state index in [4.69, 9.17) is 0 Å². The summed E-state index contributed by atoms with van der Waals surface area (Å²) in [5.74, 6) is 1.04. The van der Waals surface area contributed by atoms with E-state index in [0.717, 1.165) is 19.3 Å². The average molecular weight is 431 g/mol. The number of alkyl halides is 6. The van der Waals surface area contributed by atoms with Gasteiger partial charge >= 0.3 is 12.4 Å². The number of guanidine groups is 1. The van der Waals surface area contributed by atoms with Crippen LogP contribution in [0.4, 0.5) is 26.3 Å². The first-order valence-electron chi connectivity index (χ1n) is 10.0. The van der Waals surface area contributed by atoms with Crippen LogP contribution in [-0.4, -0.2) is 98.5 Å². The van der Waals surface area contributed by atoms with Gasteiger partial charge in [0, 0.05) is 39.8 Å². The topological polar surface area (TPSA) is 34.1 Å². The Hall–Kier alpha value is -1.23. The summed E-state index contributed by atoms with van der Waals surface area (Å²) in [5.41, 5.74) is 0. The zero-order valence-corrected chi connectivity index (χ0v) is 17.0. The van der Waals surface area contributed by atoms with Crippen LogP contribution in [0, 0.1) is 5.92 Å². The molecule has 0 bridgehead atoms. The van der Waals surface area contributed by atoms with Gasteiger partial charge in [-0.2, -0.15) is 26.3 Å². The standard InChI is InChI=1S/C18H31F6N5/c1-14(18(22,23)24)28-9-11-29(12-10-28)16(25-2)26-6-3-15-4-7-27(8-5-15)13-17(19,20)21/h14-15H,3-13H2,1-2H3,(H,25,26). The Kier molecular flexibility index (Phi) is 8.45. The van der Waals surface area contributed by atoms with Crippen LogP contribution in [-0.2, 0) is 0 Å². The number of hydrogen-bond donors (Lipinski definition) is 1. The SMILES string of the molecule is CN=C(NCCC1CCN(CC(F)(F)F)CC1)N1CCN(C(C)C(F)(F)F)CC1. The number of piperidine rings is 1.